The number of carbonyl (C=O) groups excluding carboxylic acids is 1. The summed E-state index contributed by atoms with van der Waals surface area (Å²) in [6, 6.07) is 5.62. The summed E-state index contributed by atoms with van der Waals surface area (Å²) in [6.07, 6.45) is -0.137. The molecule has 0 aliphatic heterocycles. The van der Waals surface area contributed by atoms with Gasteiger partial charge >= 0.3 is 0 Å². The minimum absolute atomic E-state index is 0.0226. The van der Waals surface area contributed by atoms with Gasteiger partial charge in [0, 0.05) is 24.3 Å². The number of aryl methyl sites for hydroxylation is 1. The van der Waals surface area contributed by atoms with Crippen molar-refractivity contribution in [3.8, 4) is 0 Å². The molecule has 18 heavy (non-hydrogen) atoms. The van der Waals surface area contributed by atoms with Crippen molar-refractivity contribution in [1.82, 2.24) is 0 Å². The van der Waals surface area contributed by atoms with Gasteiger partial charge in [0.15, 0.2) is 0 Å². The first-order chi connectivity index (χ1) is 8.56. The predicted octanol–water partition coefficient (Wildman–Crippen LogP) is 2.36. The molecule has 1 unspecified atom stereocenters. The number of aliphatic hydroxyl groups is 1. The van der Waals surface area contributed by atoms with Crippen LogP contribution in [0.15, 0.2) is 18.2 Å². The molecule has 0 saturated carbocycles. The normalized spacial score (nSPS) is 12.0. The number of carbonyl (C=O) groups is 1. The molecular formula is C13H19ClN2O2. The van der Waals surface area contributed by atoms with E-state index in [4.69, 9.17) is 11.6 Å². The number of aliphatic hydroxyl groups excluding tert-OH is 1. The zero-order valence-electron chi connectivity index (χ0n) is 10.7. The highest BCUT2D eigenvalue weighted by atomic mass is 35.5. The largest absolute Gasteiger partial charge is 0.390 e. The summed E-state index contributed by atoms with van der Waals surface area (Å²) in [4.78, 5) is 11.3. The van der Waals surface area contributed by atoms with Crippen LogP contribution in [0.4, 0.5) is 11.4 Å². The van der Waals surface area contributed by atoms with E-state index in [2.05, 4.69) is 10.6 Å². The second-order valence-corrected chi connectivity index (χ2v) is 4.43. The van der Waals surface area contributed by atoms with E-state index in [1.165, 1.54) is 0 Å². The average molecular weight is 271 g/mol. The van der Waals surface area contributed by atoms with E-state index in [-0.39, 0.29) is 11.8 Å². The van der Waals surface area contributed by atoms with E-state index in [0.29, 0.717) is 13.0 Å². The molecule has 0 aliphatic carbocycles. The van der Waals surface area contributed by atoms with Gasteiger partial charge < -0.3 is 15.7 Å². The van der Waals surface area contributed by atoms with Gasteiger partial charge in [-0.3, -0.25) is 4.79 Å². The molecule has 1 aromatic rings. The molecule has 5 heteroatoms. The molecule has 3 N–H and O–H groups in total. The molecule has 0 spiro atoms. The van der Waals surface area contributed by atoms with Crippen LogP contribution in [0.3, 0.4) is 0 Å². The Bertz CT molecular complexity index is 410. The number of hydrogen-bond donors (Lipinski definition) is 3. The molecule has 0 fully saturated rings. The third-order valence-corrected chi connectivity index (χ3v) is 2.90. The summed E-state index contributed by atoms with van der Waals surface area (Å²) in [5, 5.41) is 15.3. The lowest BCUT2D eigenvalue weighted by molar-refractivity contribution is -0.115. The van der Waals surface area contributed by atoms with E-state index < -0.39 is 6.10 Å². The highest BCUT2D eigenvalue weighted by Gasteiger charge is 2.05. The van der Waals surface area contributed by atoms with Crippen molar-refractivity contribution in [2.45, 2.75) is 26.4 Å². The number of benzene rings is 1. The molecule has 1 amide bonds. The zero-order valence-corrected chi connectivity index (χ0v) is 11.4. The van der Waals surface area contributed by atoms with Crippen LogP contribution >= 0.6 is 11.6 Å². The van der Waals surface area contributed by atoms with E-state index >= 15 is 0 Å². The Morgan fingerprint density at radius 1 is 1.50 bits per heavy atom. The molecule has 0 aromatic heterocycles. The summed E-state index contributed by atoms with van der Waals surface area (Å²) in [5.74, 6) is 0.170. The maximum atomic E-state index is 11.3. The topological polar surface area (TPSA) is 61.4 Å². The summed E-state index contributed by atoms with van der Waals surface area (Å²) < 4.78 is 0. The van der Waals surface area contributed by atoms with Crippen LogP contribution < -0.4 is 10.6 Å². The fourth-order valence-corrected chi connectivity index (χ4v) is 1.53. The van der Waals surface area contributed by atoms with Crippen molar-refractivity contribution in [2.24, 2.45) is 0 Å². The number of anilines is 2. The van der Waals surface area contributed by atoms with Gasteiger partial charge in [-0.05, 0) is 24.6 Å². The average Bonchev–Trinajstić information content (AvgIpc) is 2.38. The Hall–Kier alpha value is -1.26. The molecule has 0 radical (unpaired) electrons. The van der Waals surface area contributed by atoms with Gasteiger partial charge in [-0.2, -0.15) is 0 Å². The Morgan fingerprint density at radius 2 is 2.22 bits per heavy atom. The van der Waals surface area contributed by atoms with E-state index in [1.807, 2.05) is 25.1 Å². The van der Waals surface area contributed by atoms with Crippen LogP contribution in [-0.2, 0) is 4.79 Å². The summed E-state index contributed by atoms with van der Waals surface area (Å²) in [7, 11) is 0. The second kappa shape index (κ2) is 7.24. The number of nitrogens with one attached hydrogen (secondary N) is 2. The lowest BCUT2D eigenvalue weighted by atomic mass is 10.1. The fraction of sp³-hybridized carbons (Fsp3) is 0.462. The highest BCUT2D eigenvalue weighted by molar-refractivity contribution is 6.18. The summed E-state index contributed by atoms with van der Waals surface area (Å²) in [6.45, 7) is 4.15. The second-order valence-electron chi connectivity index (χ2n) is 4.12. The van der Waals surface area contributed by atoms with Crippen molar-refractivity contribution >= 4 is 28.9 Å². The number of hydrogen-bond acceptors (Lipinski definition) is 3. The Kier molecular flexibility index (Phi) is 5.95. The van der Waals surface area contributed by atoms with E-state index in [0.717, 1.165) is 16.9 Å². The van der Waals surface area contributed by atoms with Crippen LogP contribution in [0.5, 0.6) is 0 Å². The molecule has 100 valence electrons. The summed E-state index contributed by atoms with van der Waals surface area (Å²) in [5.41, 5.74) is 2.68. The molecule has 0 aliphatic rings. The third kappa shape index (κ3) is 4.55. The van der Waals surface area contributed by atoms with Gasteiger partial charge in [0.25, 0.3) is 0 Å². The lowest BCUT2D eigenvalue weighted by Crippen LogP contribution is -2.21. The maximum absolute atomic E-state index is 11.3. The SMILES string of the molecule is CCC(=O)Nc1ccc(C)c(NCC(O)CCl)c1. The first kappa shape index (κ1) is 14.8. The standard InChI is InChI=1S/C13H19ClN2O2/c1-3-13(18)16-10-5-4-9(2)12(6-10)15-8-11(17)7-14/h4-6,11,15,17H,3,7-8H2,1-2H3,(H,16,18). The van der Waals surface area contributed by atoms with Crippen molar-refractivity contribution in [3.63, 3.8) is 0 Å². The molecule has 0 saturated heterocycles. The molecule has 0 bridgehead atoms. The number of alkyl halides is 1. The van der Waals surface area contributed by atoms with Crippen LogP contribution in [0, 0.1) is 6.92 Å². The monoisotopic (exact) mass is 270 g/mol. The van der Waals surface area contributed by atoms with Crippen molar-refractivity contribution in [2.75, 3.05) is 23.1 Å². The van der Waals surface area contributed by atoms with Crippen molar-refractivity contribution in [3.05, 3.63) is 23.8 Å². The third-order valence-electron chi connectivity index (χ3n) is 2.55. The quantitative estimate of drug-likeness (QED) is 0.696. The first-order valence-corrected chi connectivity index (χ1v) is 6.48. The molecule has 1 aromatic carbocycles. The van der Waals surface area contributed by atoms with Crippen LogP contribution in [0.1, 0.15) is 18.9 Å². The molecule has 1 rings (SSSR count). The molecule has 0 heterocycles. The van der Waals surface area contributed by atoms with Gasteiger partial charge in [-0.25, -0.2) is 0 Å². The maximum Gasteiger partial charge on any atom is 0.224 e. The summed E-state index contributed by atoms with van der Waals surface area (Å²) >= 11 is 5.53. The highest BCUT2D eigenvalue weighted by Crippen LogP contribution is 2.20. The fourth-order valence-electron chi connectivity index (χ4n) is 1.42. The minimum atomic E-state index is -0.583. The zero-order chi connectivity index (χ0) is 13.5. The number of rotatable bonds is 6. The van der Waals surface area contributed by atoms with Crippen LogP contribution in [0.25, 0.3) is 0 Å². The van der Waals surface area contributed by atoms with E-state index in [9.17, 15) is 9.90 Å². The lowest BCUT2D eigenvalue weighted by Gasteiger charge is -2.14. The van der Waals surface area contributed by atoms with Crippen molar-refractivity contribution < 1.29 is 9.90 Å². The molecular weight excluding hydrogens is 252 g/mol. The smallest absolute Gasteiger partial charge is 0.224 e. The van der Waals surface area contributed by atoms with Gasteiger partial charge in [0.2, 0.25) is 5.91 Å². The van der Waals surface area contributed by atoms with Gasteiger partial charge in [0.05, 0.1) is 12.0 Å². The van der Waals surface area contributed by atoms with Gasteiger partial charge in [-0.1, -0.05) is 13.0 Å². The van der Waals surface area contributed by atoms with Crippen LogP contribution in [0.2, 0.25) is 0 Å². The predicted molar refractivity (Wildman–Crippen MR) is 75.3 cm³/mol. The van der Waals surface area contributed by atoms with Crippen LogP contribution in [-0.4, -0.2) is 29.5 Å². The number of halogens is 1. The van der Waals surface area contributed by atoms with Crippen molar-refractivity contribution in [1.29, 1.82) is 0 Å². The molecule has 1 atom stereocenters. The van der Waals surface area contributed by atoms with Gasteiger partial charge in [-0.15, -0.1) is 11.6 Å². The molecule has 4 nitrogen and oxygen atoms in total. The first-order valence-electron chi connectivity index (χ1n) is 5.95. The van der Waals surface area contributed by atoms with Gasteiger partial charge in [0.1, 0.15) is 0 Å². The Balaban J connectivity index is 2.71. The number of amides is 1. The Labute approximate surface area is 112 Å². The minimum Gasteiger partial charge on any atom is -0.390 e. The van der Waals surface area contributed by atoms with E-state index in [1.54, 1.807) is 6.92 Å². The Morgan fingerprint density at radius 3 is 2.83 bits per heavy atom.